The van der Waals surface area contributed by atoms with E-state index in [-0.39, 0.29) is 23.6 Å². The Morgan fingerprint density at radius 3 is 2.81 bits per heavy atom. The van der Waals surface area contributed by atoms with Crippen LogP contribution in [0.1, 0.15) is 23.2 Å². The van der Waals surface area contributed by atoms with Crippen LogP contribution in [0, 0.1) is 0 Å². The number of tetrazole rings is 1. The molecular weight excluding hydrogens is 366 g/mol. The van der Waals surface area contributed by atoms with Crippen molar-refractivity contribution in [1.29, 1.82) is 0 Å². The van der Waals surface area contributed by atoms with Gasteiger partial charge in [-0.25, -0.2) is 4.68 Å². The number of nitrogens with one attached hydrogen (secondary N) is 2. The van der Waals surface area contributed by atoms with Gasteiger partial charge in [-0.15, -0.1) is 5.10 Å². The van der Waals surface area contributed by atoms with Crippen molar-refractivity contribution in [2.45, 2.75) is 30.6 Å². The van der Waals surface area contributed by atoms with E-state index in [1.807, 2.05) is 19.0 Å². The summed E-state index contributed by atoms with van der Waals surface area (Å²) in [5.74, 6) is -0.219. The molecule has 1 fully saturated rings. The van der Waals surface area contributed by atoms with Crippen molar-refractivity contribution in [2.24, 2.45) is 0 Å². The molecule has 2 amide bonds. The summed E-state index contributed by atoms with van der Waals surface area (Å²) >= 11 is 1.26. The first-order valence-corrected chi connectivity index (χ1v) is 9.75. The topological polar surface area (TPSA) is 105 Å². The van der Waals surface area contributed by atoms with Crippen LogP contribution in [0.25, 0.3) is 0 Å². The number of hydrogen-bond acceptors (Lipinski definition) is 7. The molecule has 1 aliphatic carbocycles. The molecule has 1 aromatic carbocycles. The number of hydrogen-bond donors (Lipinski definition) is 2. The predicted molar refractivity (Wildman–Crippen MR) is 103 cm³/mol. The van der Waals surface area contributed by atoms with Crippen LogP contribution in [-0.4, -0.2) is 69.4 Å². The average molecular weight is 389 g/mol. The second-order valence-electron chi connectivity index (χ2n) is 6.62. The number of rotatable bonds is 9. The molecule has 0 bridgehead atoms. The first-order valence-electron chi connectivity index (χ1n) is 8.76. The van der Waals surface area contributed by atoms with Gasteiger partial charge in [0.25, 0.3) is 5.91 Å². The van der Waals surface area contributed by atoms with Gasteiger partial charge in [0, 0.05) is 12.6 Å². The van der Waals surface area contributed by atoms with Gasteiger partial charge in [0.15, 0.2) is 0 Å². The van der Waals surface area contributed by atoms with Crippen LogP contribution in [-0.2, 0) is 11.3 Å². The number of amides is 2. The van der Waals surface area contributed by atoms with Crippen LogP contribution >= 0.6 is 11.8 Å². The number of anilines is 1. The number of thioether (sulfide) groups is 1. The average Bonchev–Trinajstić information content (AvgIpc) is 3.33. The van der Waals surface area contributed by atoms with E-state index < -0.39 is 0 Å². The number of aromatic nitrogens is 4. The van der Waals surface area contributed by atoms with E-state index >= 15 is 0 Å². The number of carbonyl (C=O) groups is 2. The zero-order valence-corrected chi connectivity index (χ0v) is 16.2. The largest absolute Gasteiger partial charge is 0.349 e. The zero-order valence-electron chi connectivity index (χ0n) is 15.4. The van der Waals surface area contributed by atoms with Gasteiger partial charge in [-0.1, -0.05) is 23.9 Å². The molecule has 0 radical (unpaired) electrons. The Hall–Kier alpha value is -2.46. The van der Waals surface area contributed by atoms with Crippen molar-refractivity contribution in [3.63, 3.8) is 0 Å². The second kappa shape index (κ2) is 8.96. The summed E-state index contributed by atoms with van der Waals surface area (Å²) in [6.07, 6.45) is 2.03. The SMILES string of the molecule is CN(C)CCn1nnnc1SCC(=O)Nc1ccccc1C(=O)NC1CC1. The molecule has 1 aliphatic rings. The van der Waals surface area contributed by atoms with Gasteiger partial charge in [0.05, 0.1) is 23.5 Å². The lowest BCUT2D eigenvalue weighted by Crippen LogP contribution is -2.27. The van der Waals surface area contributed by atoms with Crippen LogP contribution < -0.4 is 10.6 Å². The number of para-hydroxylation sites is 1. The fraction of sp³-hybridized carbons (Fsp3) is 0.471. The monoisotopic (exact) mass is 389 g/mol. The van der Waals surface area contributed by atoms with Gasteiger partial charge in [-0.05, 0) is 49.5 Å². The quantitative estimate of drug-likeness (QED) is 0.613. The lowest BCUT2D eigenvalue weighted by molar-refractivity contribution is -0.113. The summed E-state index contributed by atoms with van der Waals surface area (Å²) in [4.78, 5) is 26.7. The number of carbonyl (C=O) groups excluding carboxylic acids is 2. The first kappa shape index (κ1) is 19.3. The molecule has 0 atom stereocenters. The highest BCUT2D eigenvalue weighted by Crippen LogP contribution is 2.22. The highest BCUT2D eigenvalue weighted by Gasteiger charge is 2.25. The fourth-order valence-electron chi connectivity index (χ4n) is 2.33. The highest BCUT2D eigenvalue weighted by atomic mass is 32.2. The summed E-state index contributed by atoms with van der Waals surface area (Å²) in [6.45, 7) is 1.45. The smallest absolute Gasteiger partial charge is 0.253 e. The van der Waals surface area contributed by atoms with Crippen molar-refractivity contribution in [3.8, 4) is 0 Å². The maximum Gasteiger partial charge on any atom is 0.253 e. The van der Waals surface area contributed by atoms with Crippen LogP contribution in [0.2, 0.25) is 0 Å². The number of benzene rings is 1. The highest BCUT2D eigenvalue weighted by molar-refractivity contribution is 7.99. The standard InChI is InChI=1S/C17H23N7O2S/c1-23(2)9-10-24-17(20-21-22-24)27-11-15(25)19-14-6-4-3-5-13(14)16(26)18-12-7-8-12/h3-6,12H,7-11H2,1-2H3,(H,18,26)(H,19,25). The Balaban J connectivity index is 1.56. The van der Waals surface area contributed by atoms with Gasteiger partial charge >= 0.3 is 0 Å². The van der Waals surface area contributed by atoms with Gasteiger partial charge in [0.1, 0.15) is 0 Å². The van der Waals surface area contributed by atoms with Gasteiger partial charge in [0.2, 0.25) is 11.1 Å². The van der Waals surface area contributed by atoms with Crippen molar-refractivity contribution < 1.29 is 9.59 Å². The Morgan fingerprint density at radius 1 is 1.30 bits per heavy atom. The predicted octanol–water partition coefficient (Wildman–Crippen LogP) is 0.858. The van der Waals surface area contributed by atoms with Crippen LogP contribution in [0.15, 0.2) is 29.4 Å². The molecule has 0 saturated heterocycles. The molecule has 1 heterocycles. The molecule has 0 unspecified atom stereocenters. The van der Waals surface area contributed by atoms with Crippen LogP contribution in [0.5, 0.6) is 0 Å². The lowest BCUT2D eigenvalue weighted by Gasteiger charge is -2.11. The van der Waals surface area contributed by atoms with Crippen LogP contribution in [0.3, 0.4) is 0 Å². The second-order valence-corrected chi connectivity index (χ2v) is 7.56. The molecule has 27 heavy (non-hydrogen) atoms. The minimum Gasteiger partial charge on any atom is -0.349 e. The molecule has 144 valence electrons. The molecular formula is C17H23N7O2S. The number of likely N-dealkylation sites (N-methyl/N-ethyl adjacent to an activating group) is 1. The molecule has 1 saturated carbocycles. The first-order chi connectivity index (χ1) is 13.0. The minimum atomic E-state index is -0.214. The summed E-state index contributed by atoms with van der Waals surface area (Å²) in [5.41, 5.74) is 0.979. The molecule has 0 aliphatic heterocycles. The molecule has 10 heteroatoms. The lowest BCUT2D eigenvalue weighted by atomic mass is 10.1. The van der Waals surface area contributed by atoms with E-state index in [1.54, 1.807) is 28.9 Å². The minimum absolute atomic E-state index is 0.154. The molecule has 2 N–H and O–H groups in total. The van der Waals surface area contributed by atoms with Crippen molar-refractivity contribution in [1.82, 2.24) is 30.4 Å². The molecule has 0 spiro atoms. The maximum atomic E-state index is 12.3. The van der Waals surface area contributed by atoms with Crippen molar-refractivity contribution in [3.05, 3.63) is 29.8 Å². The molecule has 1 aromatic heterocycles. The third-order valence-corrected chi connectivity index (χ3v) is 4.91. The van der Waals surface area contributed by atoms with Gasteiger partial charge in [-0.3, -0.25) is 9.59 Å². The van der Waals surface area contributed by atoms with E-state index in [0.717, 1.165) is 19.4 Å². The van der Waals surface area contributed by atoms with Crippen LogP contribution in [0.4, 0.5) is 5.69 Å². The molecule has 2 aromatic rings. The summed E-state index contributed by atoms with van der Waals surface area (Å²) in [7, 11) is 3.95. The molecule has 9 nitrogen and oxygen atoms in total. The Labute approximate surface area is 161 Å². The van der Waals surface area contributed by atoms with E-state index in [9.17, 15) is 9.59 Å². The Bertz CT molecular complexity index is 804. The van der Waals surface area contributed by atoms with E-state index in [2.05, 4.69) is 26.2 Å². The summed E-state index contributed by atoms with van der Waals surface area (Å²) in [5, 5.41) is 17.9. The maximum absolute atomic E-state index is 12.3. The molecule has 3 rings (SSSR count). The summed E-state index contributed by atoms with van der Waals surface area (Å²) in [6, 6.07) is 7.27. The van der Waals surface area contributed by atoms with Crippen molar-refractivity contribution in [2.75, 3.05) is 31.7 Å². The zero-order chi connectivity index (χ0) is 19.2. The normalized spacial score (nSPS) is 13.6. The van der Waals surface area contributed by atoms with Crippen molar-refractivity contribution >= 4 is 29.3 Å². The number of nitrogens with zero attached hydrogens (tertiary/aromatic N) is 5. The van der Waals surface area contributed by atoms with Gasteiger partial charge < -0.3 is 15.5 Å². The third kappa shape index (κ3) is 5.76. The Morgan fingerprint density at radius 2 is 2.07 bits per heavy atom. The third-order valence-electron chi connectivity index (χ3n) is 3.95. The Kier molecular flexibility index (Phi) is 6.40. The summed E-state index contributed by atoms with van der Waals surface area (Å²) < 4.78 is 1.68. The van der Waals surface area contributed by atoms with Gasteiger partial charge in [-0.2, -0.15) is 0 Å². The van der Waals surface area contributed by atoms with E-state index in [0.29, 0.717) is 23.0 Å². The van der Waals surface area contributed by atoms with E-state index in [4.69, 9.17) is 0 Å². The fourth-order valence-corrected chi connectivity index (χ4v) is 3.04. The van der Waals surface area contributed by atoms with E-state index in [1.165, 1.54) is 11.8 Å².